The van der Waals surface area contributed by atoms with Crippen LogP contribution in [0, 0.1) is 6.07 Å². The Morgan fingerprint density at radius 1 is 1.67 bits per heavy atom. The summed E-state index contributed by atoms with van der Waals surface area (Å²) in [6.07, 6.45) is 0.620. The van der Waals surface area contributed by atoms with Crippen LogP contribution < -0.4 is 5.06 Å². The van der Waals surface area contributed by atoms with Gasteiger partial charge in [0.1, 0.15) is 0 Å². The molecule has 0 aromatic heterocycles. The van der Waals surface area contributed by atoms with E-state index in [9.17, 15) is 4.79 Å². The fourth-order valence-electron chi connectivity index (χ4n) is 0.817. The third-order valence-corrected chi connectivity index (χ3v) is 1.29. The number of carbonyl (C=O) groups excluding carboxylic acids is 1. The molecule has 1 aromatic rings. The van der Waals surface area contributed by atoms with Crippen LogP contribution in [0.3, 0.4) is 0 Å². The van der Waals surface area contributed by atoms with Crippen LogP contribution in [0.15, 0.2) is 24.3 Å². The number of benzene rings is 1. The van der Waals surface area contributed by atoms with E-state index in [-0.39, 0.29) is 0 Å². The minimum Gasteiger partial charge on any atom is -0.276 e. The molecule has 1 aromatic carbocycles. The molecule has 3 nitrogen and oxygen atoms in total. The maximum Gasteiger partial charge on any atom is 0.238 e. The van der Waals surface area contributed by atoms with Gasteiger partial charge >= 0.3 is 0 Å². The first-order valence-electron chi connectivity index (χ1n) is 3.72. The number of anilines is 1. The van der Waals surface area contributed by atoms with Crippen LogP contribution in [0.25, 0.3) is 0 Å². The molecule has 0 spiro atoms. The summed E-state index contributed by atoms with van der Waals surface area (Å²) in [4.78, 5) is 15.5. The Balaban J connectivity index is 2.73. The molecule has 1 rings (SSSR count). The summed E-state index contributed by atoms with van der Waals surface area (Å²) >= 11 is 0. The van der Waals surface area contributed by atoms with E-state index in [1.54, 1.807) is 12.1 Å². The summed E-state index contributed by atoms with van der Waals surface area (Å²) < 4.78 is 0. The van der Waals surface area contributed by atoms with Crippen molar-refractivity contribution in [1.29, 1.82) is 0 Å². The highest BCUT2D eigenvalue weighted by atomic mass is 16.7. The van der Waals surface area contributed by atoms with Gasteiger partial charge < -0.3 is 0 Å². The molecular formula is C9H10NO2. The van der Waals surface area contributed by atoms with Gasteiger partial charge in [0.25, 0.3) is 0 Å². The molecule has 0 aliphatic rings. The van der Waals surface area contributed by atoms with E-state index in [2.05, 4.69) is 6.07 Å². The normalized spacial score (nSPS) is 9.42. The average molecular weight is 164 g/mol. The van der Waals surface area contributed by atoms with Crippen molar-refractivity contribution in [3.05, 3.63) is 30.3 Å². The lowest BCUT2D eigenvalue weighted by Crippen LogP contribution is -2.21. The smallest absolute Gasteiger partial charge is 0.238 e. The van der Waals surface area contributed by atoms with Crippen molar-refractivity contribution >= 4 is 12.1 Å². The van der Waals surface area contributed by atoms with Gasteiger partial charge in [-0.3, -0.25) is 9.63 Å². The molecule has 63 valence electrons. The average Bonchev–Trinajstić information content (AvgIpc) is 2.15. The number of carbonyl (C=O) groups is 1. The highest BCUT2D eigenvalue weighted by Crippen LogP contribution is 2.09. The third kappa shape index (κ3) is 2.07. The third-order valence-electron chi connectivity index (χ3n) is 1.29. The van der Waals surface area contributed by atoms with Crippen LogP contribution in [-0.4, -0.2) is 13.0 Å². The Morgan fingerprint density at radius 2 is 2.50 bits per heavy atom. The fraction of sp³-hybridized carbons (Fsp3) is 0.222. The highest BCUT2D eigenvalue weighted by Gasteiger charge is 2.02. The Labute approximate surface area is 71.5 Å². The number of amides is 1. The Morgan fingerprint density at radius 3 is 3.00 bits per heavy atom. The topological polar surface area (TPSA) is 29.5 Å². The zero-order chi connectivity index (χ0) is 8.81. The predicted molar refractivity (Wildman–Crippen MR) is 45.4 cm³/mol. The molecule has 0 fully saturated rings. The van der Waals surface area contributed by atoms with Crippen molar-refractivity contribution in [2.75, 3.05) is 11.7 Å². The van der Waals surface area contributed by atoms with Crippen LogP contribution >= 0.6 is 0 Å². The first-order chi connectivity index (χ1) is 5.88. The molecule has 12 heavy (non-hydrogen) atoms. The molecule has 0 bridgehead atoms. The zero-order valence-electron chi connectivity index (χ0n) is 6.86. The van der Waals surface area contributed by atoms with E-state index >= 15 is 0 Å². The molecule has 1 amide bonds. The van der Waals surface area contributed by atoms with Gasteiger partial charge in [-0.15, -0.1) is 0 Å². The number of hydrogen-bond acceptors (Lipinski definition) is 2. The lowest BCUT2D eigenvalue weighted by molar-refractivity contribution is -0.113. The summed E-state index contributed by atoms with van der Waals surface area (Å²) in [6.45, 7) is 2.28. The largest absolute Gasteiger partial charge is 0.276 e. The Bertz CT molecular complexity index is 236. The SMILES string of the molecule is CCON(C=O)c1[c]cccc1. The summed E-state index contributed by atoms with van der Waals surface area (Å²) in [7, 11) is 0. The van der Waals surface area contributed by atoms with Crippen LogP contribution in [-0.2, 0) is 9.63 Å². The van der Waals surface area contributed by atoms with Crippen molar-refractivity contribution < 1.29 is 9.63 Å². The van der Waals surface area contributed by atoms with Gasteiger partial charge in [0.05, 0.1) is 12.3 Å². The molecule has 0 aliphatic heterocycles. The van der Waals surface area contributed by atoms with Gasteiger partial charge in [0.2, 0.25) is 6.41 Å². The van der Waals surface area contributed by atoms with Crippen molar-refractivity contribution in [3.63, 3.8) is 0 Å². The van der Waals surface area contributed by atoms with Crippen LogP contribution in [0.2, 0.25) is 0 Å². The van der Waals surface area contributed by atoms with Crippen molar-refractivity contribution in [2.24, 2.45) is 0 Å². The lowest BCUT2D eigenvalue weighted by atomic mass is 10.3. The fourth-order valence-corrected chi connectivity index (χ4v) is 0.817. The molecule has 3 heteroatoms. The van der Waals surface area contributed by atoms with Gasteiger partial charge in [0, 0.05) is 6.07 Å². The summed E-state index contributed by atoms with van der Waals surface area (Å²) in [5.74, 6) is 0. The van der Waals surface area contributed by atoms with E-state index in [0.29, 0.717) is 18.7 Å². The first kappa shape index (κ1) is 8.74. The van der Waals surface area contributed by atoms with E-state index in [1.807, 2.05) is 19.1 Å². The Hall–Kier alpha value is -1.35. The van der Waals surface area contributed by atoms with E-state index in [1.165, 1.54) is 0 Å². The molecule has 0 heterocycles. The lowest BCUT2D eigenvalue weighted by Gasteiger charge is -2.14. The minimum atomic E-state index is 0.460. The Kier molecular flexibility index (Phi) is 3.29. The van der Waals surface area contributed by atoms with Crippen molar-refractivity contribution in [2.45, 2.75) is 6.92 Å². The summed E-state index contributed by atoms with van der Waals surface area (Å²) in [5.41, 5.74) is 0.620. The quantitative estimate of drug-likeness (QED) is 0.497. The molecule has 0 aliphatic carbocycles. The second-order valence-corrected chi connectivity index (χ2v) is 2.10. The van der Waals surface area contributed by atoms with Gasteiger partial charge in [-0.1, -0.05) is 18.2 Å². The summed E-state index contributed by atoms with van der Waals surface area (Å²) in [5, 5.41) is 1.15. The number of nitrogens with zero attached hydrogens (tertiary/aromatic N) is 1. The molecule has 0 unspecified atom stereocenters. The van der Waals surface area contributed by atoms with Crippen molar-refractivity contribution in [1.82, 2.24) is 0 Å². The zero-order valence-corrected chi connectivity index (χ0v) is 6.86. The number of rotatable bonds is 4. The predicted octanol–water partition coefficient (Wildman–Crippen LogP) is 1.40. The second-order valence-electron chi connectivity index (χ2n) is 2.10. The van der Waals surface area contributed by atoms with Gasteiger partial charge in [-0.05, 0) is 13.0 Å². The molecular weight excluding hydrogens is 154 g/mol. The van der Waals surface area contributed by atoms with Gasteiger partial charge in [-0.25, -0.2) is 0 Å². The maximum absolute atomic E-state index is 10.5. The standard InChI is InChI=1S/C9H10NO2/c1-2-12-10(8-11)9-6-4-3-5-7-9/h3-6,8H,2H2,1H3. The van der Waals surface area contributed by atoms with E-state index in [4.69, 9.17) is 4.84 Å². The van der Waals surface area contributed by atoms with Gasteiger partial charge in [0.15, 0.2) is 0 Å². The minimum absolute atomic E-state index is 0.460. The second kappa shape index (κ2) is 4.51. The monoisotopic (exact) mass is 164 g/mol. The van der Waals surface area contributed by atoms with Gasteiger partial charge in [-0.2, -0.15) is 5.06 Å². The highest BCUT2D eigenvalue weighted by molar-refractivity contribution is 5.71. The van der Waals surface area contributed by atoms with Crippen LogP contribution in [0.5, 0.6) is 0 Å². The van der Waals surface area contributed by atoms with Crippen LogP contribution in [0.1, 0.15) is 6.92 Å². The first-order valence-corrected chi connectivity index (χ1v) is 3.72. The maximum atomic E-state index is 10.5. The molecule has 0 N–H and O–H groups in total. The van der Waals surface area contributed by atoms with E-state index < -0.39 is 0 Å². The number of para-hydroxylation sites is 1. The van der Waals surface area contributed by atoms with Crippen LogP contribution in [0.4, 0.5) is 5.69 Å². The van der Waals surface area contributed by atoms with Crippen molar-refractivity contribution in [3.8, 4) is 0 Å². The summed E-state index contributed by atoms with van der Waals surface area (Å²) in [6, 6.07) is 10.0. The molecule has 1 radical (unpaired) electrons. The molecule has 0 atom stereocenters. The molecule has 0 saturated heterocycles. The van der Waals surface area contributed by atoms with E-state index in [0.717, 1.165) is 5.06 Å². The number of hydroxylamine groups is 1. The number of hydrogen-bond donors (Lipinski definition) is 0. The molecule has 0 saturated carbocycles.